The molecule has 0 radical (unpaired) electrons. The second kappa shape index (κ2) is 9.59. The molecule has 1 saturated carbocycles. The predicted molar refractivity (Wildman–Crippen MR) is 145 cm³/mol. The Hall–Kier alpha value is -3.79. The maximum Gasteiger partial charge on any atom is 0.278 e. The second-order valence-electron chi connectivity index (χ2n) is 10.3. The van der Waals surface area contributed by atoms with Crippen LogP contribution in [-0.2, 0) is 23.3 Å². The van der Waals surface area contributed by atoms with Crippen molar-refractivity contribution < 1.29 is 4.79 Å². The van der Waals surface area contributed by atoms with E-state index in [0.717, 1.165) is 18.8 Å². The molecule has 2 aromatic heterocycles. The molecule has 0 bridgehead atoms. The molecule has 3 heterocycles. The number of hydrogen-bond acceptors (Lipinski definition) is 7. The lowest BCUT2D eigenvalue weighted by molar-refractivity contribution is -0.119. The SMILES string of the molecule is C/C=C\C(=N/N(C=O)C(C)C)n1c2nc(Nc3ccc4c(c3)CN(C)CC43CC3)ncc2c(=O)n1CC. The molecule has 10 heteroatoms. The fourth-order valence-corrected chi connectivity index (χ4v) is 5.26. The Balaban J connectivity index is 1.57. The van der Waals surface area contributed by atoms with Gasteiger partial charge >= 0.3 is 0 Å². The summed E-state index contributed by atoms with van der Waals surface area (Å²) in [5.74, 6) is 0.795. The van der Waals surface area contributed by atoms with Crippen LogP contribution in [0.15, 0.2) is 46.4 Å². The van der Waals surface area contributed by atoms with Crippen LogP contribution in [0.5, 0.6) is 0 Å². The summed E-state index contributed by atoms with van der Waals surface area (Å²) in [6.45, 7) is 9.92. The zero-order valence-corrected chi connectivity index (χ0v) is 22.1. The number of anilines is 2. The molecule has 1 amide bonds. The first-order valence-electron chi connectivity index (χ1n) is 12.8. The standard InChI is InChI=1S/C27H34N8O2/c1-6-8-23(31-33(17-36)18(3)4)35-24-21(25(37)34(35)7-2)14-28-26(30-24)29-20-9-10-22-19(13-20)15-32(5)16-27(22)11-12-27/h6,8-10,13-14,17-18H,7,11-12,15-16H2,1-5H3,(H,28,29,30)/b8-6-,31-23+. The minimum absolute atomic E-state index is 0.147. The fourth-order valence-electron chi connectivity index (χ4n) is 5.26. The van der Waals surface area contributed by atoms with Crippen LogP contribution in [0.1, 0.15) is 51.7 Å². The van der Waals surface area contributed by atoms with Gasteiger partial charge in [-0.25, -0.2) is 19.4 Å². The highest BCUT2D eigenvalue weighted by Gasteiger charge is 2.48. The van der Waals surface area contributed by atoms with Crippen molar-refractivity contribution in [3.8, 4) is 0 Å². The molecule has 0 unspecified atom stereocenters. The number of nitrogens with zero attached hydrogens (tertiary/aromatic N) is 7. The molecule has 3 aromatic rings. The summed E-state index contributed by atoms with van der Waals surface area (Å²) >= 11 is 0. The summed E-state index contributed by atoms with van der Waals surface area (Å²) in [5.41, 5.74) is 4.22. The van der Waals surface area contributed by atoms with Crippen LogP contribution in [0.4, 0.5) is 11.6 Å². The molecule has 1 N–H and O–H groups in total. The quantitative estimate of drug-likeness (QED) is 0.230. The summed E-state index contributed by atoms with van der Waals surface area (Å²) in [7, 11) is 2.17. The van der Waals surface area contributed by atoms with E-state index in [-0.39, 0.29) is 11.6 Å². The van der Waals surface area contributed by atoms with Gasteiger partial charge < -0.3 is 10.2 Å². The van der Waals surface area contributed by atoms with Gasteiger partial charge in [-0.1, -0.05) is 12.1 Å². The first-order chi connectivity index (χ1) is 17.8. The molecule has 10 nitrogen and oxygen atoms in total. The van der Waals surface area contributed by atoms with Crippen molar-refractivity contribution in [3.05, 3.63) is 58.0 Å². The van der Waals surface area contributed by atoms with Crippen LogP contribution in [0.2, 0.25) is 0 Å². The van der Waals surface area contributed by atoms with Crippen LogP contribution in [0, 0.1) is 0 Å². The maximum atomic E-state index is 13.2. The van der Waals surface area contributed by atoms with Crippen LogP contribution in [0.25, 0.3) is 11.0 Å². The number of carbonyl (C=O) groups is 1. The number of hydrazone groups is 1. The molecule has 37 heavy (non-hydrogen) atoms. The number of carbonyl (C=O) groups excluding carboxylic acids is 1. The lowest BCUT2D eigenvalue weighted by Crippen LogP contribution is -2.35. The Labute approximate surface area is 216 Å². The summed E-state index contributed by atoms with van der Waals surface area (Å²) < 4.78 is 3.21. The van der Waals surface area contributed by atoms with E-state index >= 15 is 0 Å². The Morgan fingerprint density at radius 3 is 2.76 bits per heavy atom. The van der Waals surface area contributed by atoms with E-state index in [9.17, 15) is 9.59 Å². The molecule has 194 valence electrons. The topological polar surface area (TPSA) is 101 Å². The number of hydrogen-bond donors (Lipinski definition) is 1. The van der Waals surface area contributed by atoms with Gasteiger partial charge in [0.25, 0.3) is 5.56 Å². The molecule has 2 aliphatic rings. The molecule has 0 saturated heterocycles. The molecular formula is C27H34N8O2. The van der Waals surface area contributed by atoms with Gasteiger partial charge in [-0.15, -0.1) is 0 Å². The van der Waals surface area contributed by atoms with E-state index in [1.165, 1.54) is 29.0 Å². The summed E-state index contributed by atoms with van der Waals surface area (Å²) in [6, 6.07) is 6.35. The molecule has 5 rings (SSSR count). The van der Waals surface area contributed by atoms with Crippen LogP contribution < -0.4 is 10.9 Å². The molecular weight excluding hydrogens is 468 g/mol. The maximum absolute atomic E-state index is 13.2. The van der Waals surface area contributed by atoms with E-state index in [0.29, 0.717) is 41.2 Å². The highest BCUT2D eigenvalue weighted by atomic mass is 16.1. The van der Waals surface area contributed by atoms with Gasteiger partial charge in [0.15, 0.2) is 11.5 Å². The Morgan fingerprint density at radius 2 is 2.11 bits per heavy atom. The molecule has 0 atom stereocenters. The van der Waals surface area contributed by atoms with Gasteiger partial charge in [0.2, 0.25) is 12.4 Å². The van der Waals surface area contributed by atoms with Gasteiger partial charge in [-0.2, -0.15) is 10.1 Å². The zero-order valence-electron chi connectivity index (χ0n) is 22.1. The number of nitrogens with one attached hydrogen (secondary N) is 1. The van der Waals surface area contributed by atoms with Crippen molar-refractivity contribution in [1.82, 2.24) is 29.2 Å². The molecule has 1 aliphatic heterocycles. The Bertz CT molecular complexity index is 1460. The number of allylic oxidation sites excluding steroid dienone is 2. The molecule has 1 aliphatic carbocycles. The van der Waals surface area contributed by atoms with E-state index in [2.05, 4.69) is 45.5 Å². The van der Waals surface area contributed by atoms with E-state index < -0.39 is 0 Å². The first kappa shape index (κ1) is 24.9. The largest absolute Gasteiger partial charge is 0.324 e. The number of benzene rings is 1. The number of rotatable bonds is 7. The second-order valence-corrected chi connectivity index (χ2v) is 10.3. The van der Waals surface area contributed by atoms with E-state index in [1.807, 2.05) is 33.8 Å². The van der Waals surface area contributed by atoms with Gasteiger partial charge in [0.1, 0.15) is 5.39 Å². The zero-order chi connectivity index (χ0) is 26.3. The van der Waals surface area contributed by atoms with Crippen molar-refractivity contribution in [3.63, 3.8) is 0 Å². The number of aromatic nitrogens is 4. The van der Waals surface area contributed by atoms with Crippen LogP contribution in [0.3, 0.4) is 0 Å². The van der Waals surface area contributed by atoms with E-state index in [4.69, 9.17) is 4.98 Å². The van der Waals surface area contributed by atoms with Crippen molar-refractivity contribution in [1.29, 1.82) is 0 Å². The normalized spacial score (nSPS) is 17.1. The summed E-state index contributed by atoms with van der Waals surface area (Å²) in [4.78, 5) is 36.4. The van der Waals surface area contributed by atoms with Crippen molar-refractivity contribution in [2.75, 3.05) is 18.9 Å². The fraction of sp³-hybridized carbons (Fsp3) is 0.444. The molecule has 1 aromatic carbocycles. The number of fused-ring (bicyclic) bond motifs is 3. The van der Waals surface area contributed by atoms with Gasteiger partial charge in [-0.05, 0) is 76.9 Å². The third-order valence-corrected chi connectivity index (χ3v) is 7.16. The monoisotopic (exact) mass is 502 g/mol. The minimum atomic E-state index is -0.213. The number of likely N-dealkylation sites (N-methyl/N-ethyl adjacent to an activating group) is 1. The van der Waals surface area contributed by atoms with Crippen LogP contribution >= 0.6 is 0 Å². The Kier molecular flexibility index (Phi) is 6.45. The highest BCUT2D eigenvalue weighted by Crippen LogP contribution is 2.52. The average Bonchev–Trinajstić information content (AvgIpc) is 3.57. The van der Waals surface area contributed by atoms with Crippen molar-refractivity contribution in [2.24, 2.45) is 5.10 Å². The third kappa shape index (κ3) is 4.46. The average molecular weight is 503 g/mol. The minimum Gasteiger partial charge on any atom is -0.324 e. The van der Waals surface area contributed by atoms with Gasteiger partial charge in [-0.3, -0.25) is 9.59 Å². The lowest BCUT2D eigenvalue weighted by Gasteiger charge is -2.32. The molecule has 1 spiro atoms. The van der Waals surface area contributed by atoms with Crippen molar-refractivity contribution >= 4 is 34.9 Å². The Morgan fingerprint density at radius 1 is 1.32 bits per heavy atom. The lowest BCUT2D eigenvalue weighted by atomic mass is 9.87. The van der Waals surface area contributed by atoms with Gasteiger partial charge in [0.05, 0.1) is 0 Å². The first-order valence-corrected chi connectivity index (χ1v) is 12.8. The van der Waals surface area contributed by atoms with Crippen LogP contribution in [-0.4, -0.2) is 61.1 Å². The number of amides is 1. The summed E-state index contributed by atoms with van der Waals surface area (Å²) in [6.07, 6.45) is 8.29. The van der Waals surface area contributed by atoms with E-state index in [1.54, 1.807) is 21.6 Å². The van der Waals surface area contributed by atoms with Gasteiger partial charge in [0, 0.05) is 43.0 Å². The molecule has 1 fully saturated rings. The smallest absolute Gasteiger partial charge is 0.278 e. The third-order valence-electron chi connectivity index (χ3n) is 7.16. The highest BCUT2D eigenvalue weighted by molar-refractivity contribution is 5.99. The predicted octanol–water partition coefficient (Wildman–Crippen LogP) is 3.44. The summed E-state index contributed by atoms with van der Waals surface area (Å²) in [5, 5.41) is 9.57. The van der Waals surface area contributed by atoms with Crippen molar-refractivity contribution in [2.45, 2.75) is 65.1 Å².